The molecular formula is C13H14O4. The third-order valence-corrected chi connectivity index (χ3v) is 2.57. The van der Waals surface area contributed by atoms with Gasteiger partial charge in [0.05, 0.1) is 20.1 Å². The van der Waals surface area contributed by atoms with E-state index in [1.54, 1.807) is 24.3 Å². The average molecular weight is 234 g/mol. The minimum Gasteiger partial charge on any atom is -0.504 e. The summed E-state index contributed by atoms with van der Waals surface area (Å²) in [7, 11) is 1.50. The molecule has 90 valence electrons. The number of ether oxygens (including phenoxy) is 2. The predicted octanol–water partition coefficient (Wildman–Crippen LogP) is 2.12. The lowest BCUT2D eigenvalue weighted by atomic mass is 10.1. The molecule has 0 bridgehead atoms. The number of ketones is 1. The van der Waals surface area contributed by atoms with Crippen LogP contribution in [0.5, 0.6) is 11.5 Å². The van der Waals surface area contributed by atoms with Crippen molar-refractivity contribution in [1.29, 1.82) is 0 Å². The monoisotopic (exact) mass is 234 g/mol. The molecule has 1 N–H and O–H groups in total. The minimum atomic E-state index is 0.0731. The molecule has 0 aliphatic carbocycles. The summed E-state index contributed by atoms with van der Waals surface area (Å²) in [6.45, 7) is 0.437. The summed E-state index contributed by atoms with van der Waals surface area (Å²) in [6.07, 6.45) is 2.56. The van der Waals surface area contributed by atoms with Gasteiger partial charge in [-0.05, 0) is 23.8 Å². The second-order valence-electron chi connectivity index (χ2n) is 3.86. The molecule has 4 heteroatoms. The molecule has 4 nitrogen and oxygen atoms in total. The smallest absolute Gasteiger partial charge is 0.160 e. The Labute approximate surface area is 99.5 Å². The molecule has 2 rings (SSSR count). The summed E-state index contributed by atoms with van der Waals surface area (Å²) in [5.74, 6) is 1.32. The van der Waals surface area contributed by atoms with Crippen LogP contribution in [-0.4, -0.2) is 24.6 Å². The van der Waals surface area contributed by atoms with Crippen LogP contribution >= 0.6 is 0 Å². The number of hydrogen-bond acceptors (Lipinski definition) is 4. The van der Waals surface area contributed by atoms with Gasteiger partial charge in [-0.1, -0.05) is 6.07 Å². The zero-order chi connectivity index (χ0) is 12.3. The lowest BCUT2D eigenvalue weighted by Gasteiger charge is -2.15. The molecule has 1 aliphatic heterocycles. The van der Waals surface area contributed by atoms with Crippen molar-refractivity contribution in [3.05, 3.63) is 29.5 Å². The van der Waals surface area contributed by atoms with Gasteiger partial charge < -0.3 is 14.6 Å². The summed E-state index contributed by atoms with van der Waals surface area (Å²) in [4.78, 5) is 11.2. The molecule has 0 spiro atoms. The van der Waals surface area contributed by atoms with Gasteiger partial charge in [0.15, 0.2) is 11.5 Å². The van der Waals surface area contributed by atoms with Crippen LogP contribution in [0.15, 0.2) is 24.0 Å². The number of carbonyl (C=O) groups is 1. The zero-order valence-electron chi connectivity index (χ0n) is 9.60. The quantitative estimate of drug-likeness (QED) is 0.851. The standard InChI is InChI=1S/C13H14O4/c1-16-13-3-2-9(7-12(13)15)6-11-8-10(14)4-5-17-11/h2-3,6-7,15H,4-5,8H2,1H3/b11-6+. The summed E-state index contributed by atoms with van der Waals surface area (Å²) < 4.78 is 10.3. The van der Waals surface area contributed by atoms with E-state index in [0.29, 0.717) is 31.0 Å². The third kappa shape index (κ3) is 2.78. The van der Waals surface area contributed by atoms with Crippen LogP contribution in [0.1, 0.15) is 18.4 Å². The SMILES string of the molecule is COc1ccc(/C=C2\CC(=O)CCO2)cc1O. The number of carbonyl (C=O) groups excluding carboxylic acids is 1. The van der Waals surface area contributed by atoms with E-state index in [1.807, 2.05) is 0 Å². The number of rotatable bonds is 2. The minimum absolute atomic E-state index is 0.0731. The fourth-order valence-corrected chi connectivity index (χ4v) is 1.71. The first-order valence-corrected chi connectivity index (χ1v) is 5.41. The fraction of sp³-hybridized carbons (Fsp3) is 0.308. The maximum absolute atomic E-state index is 11.2. The molecule has 0 atom stereocenters. The lowest BCUT2D eigenvalue weighted by molar-refractivity contribution is -0.121. The van der Waals surface area contributed by atoms with E-state index >= 15 is 0 Å². The summed E-state index contributed by atoms with van der Waals surface area (Å²) in [5, 5.41) is 9.61. The van der Waals surface area contributed by atoms with Gasteiger partial charge >= 0.3 is 0 Å². The van der Waals surface area contributed by atoms with Gasteiger partial charge in [0, 0.05) is 6.42 Å². The van der Waals surface area contributed by atoms with Crippen molar-refractivity contribution in [3.63, 3.8) is 0 Å². The predicted molar refractivity (Wildman–Crippen MR) is 62.8 cm³/mol. The van der Waals surface area contributed by atoms with Crippen LogP contribution in [0.3, 0.4) is 0 Å². The Balaban J connectivity index is 2.20. The van der Waals surface area contributed by atoms with E-state index in [2.05, 4.69) is 0 Å². The van der Waals surface area contributed by atoms with Gasteiger partial charge in [-0.2, -0.15) is 0 Å². The largest absolute Gasteiger partial charge is 0.504 e. The Morgan fingerprint density at radius 2 is 2.29 bits per heavy atom. The molecule has 1 aliphatic rings. The highest BCUT2D eigenvalue weighted by Gasteiger charge is 2.14. The van der Waals surface area contributed by atoms with E-state index in [-0.39, 0.29) is 11.5 Å². The number of methoxy groups -OCH3 is 1. The van der Waals surface area contributed by atoms with Crippen LogP contribution in [0.25, 0.3) is 6.08 Å². The number of aromatic hydroxyl groups is 1. The zero-order valence-corrected chi connectivity index (χ0v) is 9.60. The van der Waals surface area contributed by atoms with Crippen LogP contribution < -0.4 is 4.74 Å². The maximum Gasteiger partial charge on any atom is 0.160 e. The molecule has 0 amide bonds. The number of hydrogen-bond donors (Lipinski definition) is 1. The van der Waals surface area contributed by atoms with Gasteiger partial charge in [0.25, 0.3) is 0 Å². The highest BCUT2D eigenvalue weighted by molar-refractivity contribution is 5.82. The number of phenolic OH excluding ortho intramolecular Hbond substituents is 1. The molecule has 0 aromatic heterocycles. The van der Waals surface area contributed by atoms with Crippen LogP contribution in [0.4, 0.5) is 0 Å². The molecule has 0 saturated carbocycles. The van der Waals surface area contributed by atoms with Crippen molar-refractivity contribution in [2.75, 3.05) is 13.7 Å². The Kier molecular flexibility index (Phi) is 3.32. The van der Waals surface area contributed by atoms with Gasteiger partial charge in [-0.3, -0.25) is 4.79 Å². The maximum atomic E-state index is 11.2. The third-order valence-electron chi connectivity index (χ3n) is 2.57. The summed E-state index contributed by atoms with van der Waals surface area (Å²) in [6, 6.07) is 5.05. The molecule has 1 aromatic rings. The second kappa shape index (κ2) is 4.91. The van der Waals surface area contributed by atoms with Crippen molar-refractivity contribution in [3.8, 4) is 11.5 Å². The van der Waals surface area contributed by atoms with E-state index in [1.165, 1.54) is 7.11 Å². The van der Waals surface area contributed by atoms with Crippen molar-refractivity contribution >= 4 is 11.9 Å². The van der Waals surface area contributed by atoms with E-state index in [9.17, 15) is 9.90 Å². The average Bonchev–Trinajstić information content (AvgIpc) is 2.29. The highest BCUT2D eigenvalue weighted by Crippen LogP contribution is 2.28. The Morgan fingerprint density at radius 3 is 2.94 bits per heavy atom. The van der Waals surface area contributed by atoms with Crippen LogP contribution in [0, 0.1) is 0 Å². The first-order valence-electron chi connectivity index (χ1n) is 5.41. The number of Topliss-reactive ketones (excluding diaryl/α,β-unsaturated/α-hetero) is 1. The lowest BCUT2D eigenvalue weighted by Crippen LogP contribution is -2.12. The van der Waals surface area contributed by atoms with Crippen molar-refractivity contribution in [2.45, 2.75) is 12.8 Å². The van der Waals surface area contributed by atoms with E-state index < -0.39 is 0 Å². The Hall–Kier alpha value is -1.97. The van der Waals surface area contributed by atoms with Crippen molar-refractivity contribution in [1.82, 2.24) is 0 Å². The van der Waals surface area contributed by atoms with Crippen molar-refractivity contribution < 1.29 is 19.4 Å². The highest BCUT2D eigenvalue weighted by atomic mass is 16.5. The molecule has 0 radical (unpaired) electrons. The number of phenols is 1. The topological polar surface area (TPSA) is 55.8 Å². The van der Waals surface area contributed by atoms with E-state index in [4.69, 9.17) is 9.47 Å². The molecule has 1 fully saturated rings. The molecule has 1 aromatic carbocycles. The summed E-state index contributed by atoms with van der Waals surface area (Å²) in [5.41, 5.74) is 0.785. The number of benzene rings is 1. The normalized spacial score (nSPS) is 17.9. The van der Waals surface area contributed by atoms with Crippen LogP contribution in [-0.2, 0) is 9.53 Å². The van der Waals surface area contributed by atoms with Gasteiger partial charge in [-0.15, -0.1) is 0 Å². The first-order chi connectivity index (χ1) is 8.19. The Bertz CT molecular complexity index is 462. The second-order valence-corrected chi connectivity index (χ2v) is 3.86. The molecular weight excluding hydrogens is 220 g/mol. The number of allylic oxidation sites excluding steroid dienone is 1. The van der Waals surface area contributed by atoms with Gasteiger partial charge in [-0.25, -0.2) is 0 Å². The van der Waals surface area contributed by atoms with Crippen LogP contribution in [0.2, 0.25) is 0 Å². The molecule has 1 heterocycles. The Morgan fingerprint density at radius 1 is 1.47 bits per heavy atom. The molecule has 17 heavy (non-hydrogen) atoms. The van der Waals surface area contributed by atoms with Crippen molar-refractivity contribution in [2.24, 2.45) is 0 Å². The van der Waals surface area contributed by atoms with Gasteiger partial charge in [0.1, 0.15) is 11.5 Å². The fourth-order valence-electron chi connectivity index (χ4n) is 1.71. The molecule has 1 saturated heterocycles. The van der Waals surface area contributed by atoms with Gasteiger partial charge in [0.2, 0.25) is 0 Å². The first kappa shape index (κ1) is 11.5. The molecule has 0 unspecified atom stereocenters. The van der Waals surface area contributed by atoms with E-state index in [0.717, 1.165) is 5.56 Å². The summed E-state index contributed by atoms with van der Waals surface area (Å²) >= 11 is 0.